The third kappa shape index (κ3) is 5.62. The van der Waals surface area contributed by atoms with Gasteiger partial charge in [0.1, 0.15) is 0 Å². The smallest absolute Gasteiger partial charge is 0.339 e. The van der Waals surface area contributed by atoms with Crippen LogP contribution >= 0.6 is 0 Å². The maximum atomic E-state index is 12.3. The number of H-pyrrole nitrogens is 1. The maximum Gasteiger partial charge on any atom is 0.339 e. The van der Waals surface area contributed by atoms with Crippen molar-refractivity contribution < 1.29 is 28.7 Å². The van der Waals surface area contributed by atoms with Gasteiger partial charge >= 0.3 is 5.97 Å². The van der Waals surface area contributed by atoms with E-state index in [0.29, 0.717) is 23.2 Å². The van der Waals surface area contributed by atoms with Gasteiger partial charge in [-0.25, -0.2) is 4.79 Å². The van der Waals surface area contributed by atoms with E-state index in [-0.39, 0.29) is 30.2 Å². The molecule has 0 bridgehead atoms. The zero-order chi connectivity index (χ0) is 21.5. The summed E-state index contributed by atoms with van der Waals surface area (Å²) >= 11 is 0. The summed E-state index contributed by atoms with van der Waals surface area (Å²) in [7, 11) is 2.68. The quantitative estimate of drug-likeness (QED) is 0.248. The van der Waals surface area contributed by atoms with E-state index in [1.807, 2.05) is 6.92 Å². The van der Waals surface area contributed by atoms with Gasteiger partial charge in [0.2, 0.25) is 12.3 Å². The van der Waals surface area contributed by atoms with Gasteiger partial charge in [-0.05, 0) is 18.9 Å². The Morgan fingerprint density at radius 1 is 1.25 bits per heavy atom. The molecule has 1 aromatic rings. The molecule has 1 unspecified atom stereocenters. The summed E-state index contributed by atoms with van der Waals surface area (Å²) in [5, 5.41) is 11.8. The van der Waals surface area contributed by atoms with E-state index in [1.165, 1.54) is 20.4 Å². The minimum Gasteiger partial charge on any atom is -0.462 e. The van der Waals surface area contributed by atoms with Gasteiger partial charge in [-0.1, -0.05) is 20.8 Å². The van der Waals surface area contributed by atoms with Gasteiger partial charge in [0, 0.05) is 42.9 Å². The van der Waals surface area contributed by atoms with E-state index < -0.39 is 23.7 Å². The number of hydrogen-bond acceptors (Lipinski definition) is 7. The number of nitro groups is 1. The molecular weight excluding hydrogens is 368 g/mol. The van der Waals surface area contributed by atoms with Gasteiger partial charge in [-0.2, -0.15) is 0 Å². The van der Waals surface area contributed by atoms with Crippen molar-refractivity contribution in [2.75, 3.05) is 20.8 Å². The summed E-state index contributed by atoms with van der Waals surface area (Å²) in [6, 6.07) is -1.05. The SMILES string of the molecule is CCOC(=O)c1c[nH]c(CC([N+](=O)[O-])C(C)(C)CC(=O)C(OC)OC)c1CC. The van der Waals surface area contributed by atoms with Crippen molar-refractivity contribution >= 4 is 11.8 Å². The van der Waals surface area contributed by atoms with Gasteiger partial charge in [0.25, 0.3) is 0 Å². The van der Waals surface area contributed by atoms with Gasteiger partial charge in [0.15, 0.2) is 5.78 Å². The van der Waals surface area contributed by atoms with Crippen LogP contribution in [0.1, 0.15) is 55.7 Å². The molecule has 0 radical (unpaired) electrons. The van der Waals surface area contributed by atoms with Crippen molar-refractivity contribution in [3.8, 4) is 0 Å². The van der Waals surface area contributed by atoms with Gasteiger partial charge < -0.3 is 19.2 Å². The molecule has 0 fully saturated rings. The molecule has 0 spiro atoms. The Hall–Kier alpha value is -2.26. The maximum absolute atomic E-state index is 12.3. The van der Waals surface area contributed by atoms with Crippen LogP contribution in [0.15, 0.2) is 6.20 Å². The second-order valence-corrected chi connectivity index (χ2v) is 7.17. The number of rotatable bonds is 12. The summed E-state index contributed by atoms with van der Waals surface area (Å²) in [5.41, 5.74) is 0.715. The molecule has 0 aliphatic heterocycles. The second-order valence-electron chi connectivity index (χ2n) is 7.17. The van der Waals surface area contributed by atoms with E-state index in [9.17, 15) is 19.7 Å². The topological polar surface area (TPSA) is 121 Å². The number of nitrogens with zero attached hydrogens (tertiary/aromatic N) is 1. The molecule has 1 N–H and O–H groups in total. The van der Waals surface area contributed by atoms with Crippen molar-refractivity contribution in [2.24, 2.45) is 5.41 Å². The van der Waals surface area contributed by atoms with Gasteiger partial charge in [-0.15, -0.1) is 0 Å². The minimum absolute atomic E-state index is 0.0560. The first-order valence-corrected chi connectivity index (χ1v) is 9.20. The summed E-state index contributed by atoms with van der Waals surface area (Å²) in [6.45, 7) is 7.16. The van der Waals surface area contributed by atoms with Crippen LogP contribution in [-0.4, -0.2) is 54.8 Å². The van der Waals surface area contributed by atoms with Crippen molar-refractivity contribution in [1.29, 1.82) is 0 Å². The van der Waals surface area contributed by atoms with Gasteiger partial charge in [0.05, 0.1) is 18.6 Å². The molecule has 1 rings (SSSR count). The number of esters is 1. The van der Waals surface area contributed by atoms with Crippen LogP contribution in [0.4, 0.5) is 0 Å². The molecule has 0 aliphatic carbocycles. The number of hydrogen-bond donors (Lipinski definition) is 1. The summed E-state index contributed by atoms with van der Waals surface area (Å²) in [5.74, 6) is -0.826. The molecule has 0 amide bonds. The van der Waals surface area contributed by atoms with Crippen LogP contribution < -0.4 is 0 Å². The summed E-state index contributed by atoms with van der Waals surface area (Å²) < 4.78 is 15.0. The molecule has 9 nitrogen and oxygen atoms in total. The van der Waals surface area contributed by atoms with E-state index in [0.717, 1.165) is 0 Å². The number of carbonyl (C=O) groups is 2. The normalized spacial score (nSPS) is 12.8. The Labute approximate surface area is 164 Å². The van der Waals surface area contributed by atoms with Crippen LogP contribution in [0.3, 0.4) is 0 Å². The lowest BCUT2D eigenvalue weighted by atomic mass is 9.77. The number of ketones is 1. The Kier molecular flexibility index (Phi) is 8.77. The number of methoxy groups -OCH3 is 2. The molecule has 28 heavy (non-hydrogen) atoms. The first-order chi connectivity index (χ1) is 13.1. The molecule has 158 valence electrons. The van der Waals surface area contributed by atoms with Crippen LogP contribution in [-0.2, 0) is 31.8 Å². The van der Waals surface area contributed by atoms with E-state index in [2.05, 4.69) is 4.98 Å². The monoisotopic (exact) mass is 398 g/mol. The van der Waals surface area contributed by atoms with E-state index >= 15 is 0 Å². The van der Waals surface area contributed by atoms with Crippen molar-refractivity contribution in [3.05, 3.63) is 33.1 Å². The first kappa shape index (κ1) is 23.8. The number of Topliss-reactive ketones (excluding diaryl/α,β-unsaturated/α-hetero) is 1. The summed E-state index contributed by atoms with van der Waals surface area (Å²) in [4.78, 5) is 38.8. The number of ether oxygens (including phenoxy) is 3. The number of nitrogens with one attached hydrogen (secondary N) is 1. The van der Waals surface area contributed by atoms with Crippen LogP contribution in [0.5, 0.6) is 0 Å². The molecule has 0 saturated carbocycles. The highest BCUT2D eigenvalue weighted by molar-refractivity contribution is 5.91. The zero-order valence-electron chi connectivity index (χ0n) is 17.4. The van der Waals surface area contributed by atoms with Crippen molar-refractivity contribution in [1.82, 2.24) is 4.98 Å². The fraction of sp³-hybridized carbons (Fsp3) is 0.684. The Morgan fingerprint density at radius 2 is 1.86 bits per heavy atom. The third-order valence-corrected chi connectivity index (χ3v) is 4.80. The highest BCUT2D eigenvalue weighted by Crippen LogP contribution is 2.32. The van der Waals surface area contributed by atoms with Gasteiger partial charge in [-0.3, -0.25) is 14.9 Å². The Balaban J connectivity index is 3.12. The number of carbonyl (C=O) groups excluding carboxylic acids is 2. The van der Waals surface area contributed by atoms with Crippen LogP contribution in [0.25, 0.3) is 0 Å². The highest BCUT2D eigenvalue weighted by atomic mass is 16.7. The zero-order valence-corrected chi connectivity index (χ0v) is 17.4. The average Bonchev–Trinajstić information content (AvgIpc) is 3.02. The summed E-state index contributed by atoms with van der Waals surface area (Å²) in [6.07, 6.45) is 0.955. The highest BCUT2D eigenvalue weighted by Gasteiger charge is 2.42. The average molecular weight is 398 g/mol. The largest absolute Gasteiger partial charge is 0.462 e. The molecule has 0 aromatic carbocycles. The molecule has 0 aliphatic rings. The molecular formula is C19H30N2O7. The minimum atomic E-state index is -1.06. The molecule has 9 heteroatoms. The first-order valence-electron chi connectivity index (χ1n) is 9.20. The Bertz CT molecular complexity index is 692. The predicted octanol–water partition coefficient (Wildman–Crippen LogP) is 2.55. The van der Waals surface area contributed by atoms with E-state index in [4.69, 9.17) is 14.2 Å². The number of aromatic nitrogens is 1. The molecule has 1 aromatic heterocycles. The van der Waals surface area contributed by atoms with Crippen LogP contribution in [0, 0.1) is 15.5 Å². The lowest BCUT2D eigenvalue weighted by molar-refractivity contribution is -0.540. The second kappa shape index (κ2) is 10.3. The Morgan fingerprint density at radius 3 is 2.32 bits per heavy atom. The third-order valence-electron chi connectivity index (χ3n) is 4.80. The molecule has 0 saturated heterocycles. The predicted molar refractivity (Wildman–Crippen MR) is 102 cm³/mol. The van der Waals surface area contributed by atoms with Crippen molar-refractivity contribution in [2.45, 2.75) is 59.3 Å². The number of aromatic amines is 1. The lowest BCUT2D eigenvalue weighted by Crippen LogP contribution is -2.42. The molecule has 1 heterocycles. The lowest BCUT2D eigenvalue weighted by Gasteiger charge is -2.28. The van der Waals surface area contributed by atoms with Crippen molar-refractivity contribution in [3.63, 3.8) is 0 Å². The fourth-order valence-corrected chi connectivity index (χ4v) is 3.31. The molecule has 1 atom stereocenters. The van der Waals surface area contributed by atoms with E-state index in [1.54, 1.807) is 20.8 Å². The van der Waals surface area contributed by atoms with Crippen LogP contribution in [0.2, 0.25) is 0 Å². The fourth-order valence-electron chi connectivity index (χ4n) is 3.31. The standard InChI is InChI=1S/C19H30N2O7/c1-7-12-13(17(23)28-8-2)11-20-14(12)9-16(21(24)25)19(3,4)10-15(22)18(26-5)27-6/h11,16,18,20H,7-10H2,1-6H3.